The molecule has 0 saturated heterocycles. The predicted molar refractivity (Wildman–Crippen MR) is 135 cm³/mol. The highest BCUT2D eigenvalue weighted by Gasteiger charge is 2.16. The van der Waals surface area contributed by atoms with Gasteiger partial charge in [0.25, 0.3) is 5.91 Å². The second kappa shape index (κ2) is 8.83. The predicted octanol–water partition coefficient (Wildman–Crippen LogP) is 6.34. The first-order valence-corrected chi connectivity index (χ1v) is 11.2. The smallest absolute Gasteiger partial charge is 0.265 e. The molecule has 0 fully saturated rings. The van der Waals surface area contributed by atoms with Crippen LogP contribution in [0.2, 0.25) is 0 Å². The van der Waals surface area contributed by atoms with Crippen molar-refractivity contribution in [1.82, 2.24) is 4.57 Å². The summed E-state index contributed by atoms with van der Waals surface area (Å²) in [5.41, 5.74) is 10.8. The number of hydrogen-bond acceptors (Lipinski definition) is 2. The molecule has 5 aromatic rings. The number of carbonyl (C=O) groups is 1. The fourth-order valence-corrected chi connectivity index (χ4v) is 4.57. The van der Waals surface area contributed by atoms with E-state index in [4.69, 9.17) is 10.5 Å². The molecule has 33 heavy (non-hydrogen) atoms. The van der Waals surface area contributed by atoms with Crippen molar-refractivity contribution >= 4 is 27.6 Å². The molecular formula is C29H26N2O2. The lowest BCUT2D eigenvalue weighted by Gasteiger charge is -2.12. The molecule has 4 aromatic carbocycles. The van der Waals surface area contributed by atoms with E-state index in [9.17, 15) is 4.79 Å². The van der Waals surface area contributed by atoms with Gasteiger partial charge in [-0.05, 0) is 53.6 Å². The summed E-state index contributed by atoms with van der Waals surface area (Å²) in [4.78, 5) is 12.3. The average Bonchev–Trinajstić information content (AvgIpc) is 3.21. The second-order valence-corrected chi connectivity index (χ2v) is 8.28. The van der Waals surface area contributed by atoms with E-state index in [1.807, 2.05) is 53.1 Å². The van der Waals surface area contributed by atoms with Gasteiger partial charge in [0.2, 0.25) is 0 Å². The molecule has 1 aromatic heterocycles. The van der Waals surface area contributed by atoms with Crippen LogP contribution in [0.15, 0.2) is 91.0 Å². The van der Waals surface area contributed by atoms with Gasteiger partial charge in [0.05, 0.1) is 6.61 Å². The Morgan fingerprint density at radius 2 is 1.58 bits per heavy atom. The van der Waals surface area contributed by atoms with E-state index >= 15 is 0 Å². The van der Waals surface area contributed by atoms with Crippen molar-refractivity contribution in [2.75, 3.05) is 6.61 Å². The Hall–Kier alpha value is -4.05. The third-order valence-corrected chi connectivity index (χ3v) is 6.17. The van der Waals surface area contributed by atoms with Crippen LogP contribution in [-0.4, -0.2) is 17.1 Å². The number of hydrogen-bond donors (Lipinski definition) is 1. The maximum atomic E-state index is 12.3. The van der Waals surface area contributed by atoms with Crippen LogP contribution in [-0.2, 0) is 6.54 Å². The van der Waals surface area contributed by atoms with Gasteiger partial charge < -0.3 is 15.0 Å². The normalized spacial score (nSPS) is 11.2. The molecule has 1 amide bonds. The van der Waals surface area contributed by atoms with E-state index in [0.717, 1.165) is 45.0 Å². The zero-order valence-corrected chi connectivity index (χ0v) is 18.6. The van der Waals surface area contributed by atoms with Gasteiger partial charge in [0.15, 0.2) is 0 Å². The lowest BCUT2D eigenvalue weighted by Crippen LogP contribution is -2.17. The minimum atomic E-state index is -0.420. The molecule has 5 rings (SSSR count). The van der Waals surface area contributed by atoms with Gasteiger partial charge in [-0.2, -0.15) is 0 Å². The van der Waals surface area contributed by atoms with E-state index in [1.54, 1.807) is 0 Å². The highest BCUT2D eigenvalue weighted by molar-refractivity contribution is 6.03. The summed E-state index contributed by atoms with van der Waals surface area (Å²) < 4.78 is 8.13. The van der Waals surface area contributed by atoms with Crippen molar-refractivity contribution in [2.24, 2.45) is 5.73 Å². The van der Waals surface area contributed by atoms with Gasteiger partial charge in [0, 0.05) is 22.8 Å². The SMILES string of the molecule is Cc1ccccc1-c1cccc2c1cc(C(N)=O)n2CCCOc1cccc2ccccc12. The highest BCUT2D eigenvalue weighted by atomic mass is 16.5. The van der Waals surface area contributed by atoms with Crippen molar-refractivity contribution in [2.45, 2.75) is 19.9 Å². The number of amides is 1. The van der Waals surface area contributed by atoms with Crippen molar-refractivity contribution in [1.29, 1.82) is 0 Å². The standard InChI is InChI=1S/C29H26N2O2/c1-20-9-2-4-12-22(20)24-14-7-15-26-25(24)19-27(29(30)32)31(26)17-8-18-33-28-16-6-11-21-10-3-5-13-23(21)28/h2-7,9-16,19H,8,17-18H2,1H3,(H2,30,32). The molecule has 2 N–H and O–H groups in total. The summed E-state index contributed by atoms with van der Waals surface area (Å²) in [6.07, 6.45) is 0.752. The van der Waals surface area contributed by atoms with E-state index in [0.29, 0.717) is 18.8 Å². The van der Waals surface area contributed by atoms with Crippen LogP contribution >= 0.6 is 0 Å². The fourth-order valence-electron chi connectivity index (χ4n) is 4.57. The summed E-state index contributed by atoms with van der Waals surface area (Å²) in [6, 6.07) is 30.7. The molecule has 4 heteroatoms. The molecule has 0 aliphatic carbocycles. The monoisotopic (exact) mass is 434 g/mol. The van der Waals surface area contributed by atoms with E-state index in [1.165, 1.54) is 5.56 Å². The number of benzene rings is 4. The molecule has 0 aliphatic heterocycles. The van der Waals surface area contributed by atoms with Crippen molar-refractivity contribution in [3.63, 3.8) is 0 Å². The summed E-state index contributed by atoms with van der Waals surface area (Å²) in [6.45, 7) is 3.29. The molecule has 4 nitrogen and oxygen atoms in total. The number of nitrogens with zero attached hydrogens (tertiary/aromatic N) is 1. The largest absolute Gasteiger partial charge is 0.493 e. The van der Waals surface area contributed by atoms with Crippen molar-refractivity contribution < 1.29 is 9.53 Å². The molecule has 164 valence electrons. The second-order valence-electron chi connectivity index (χ2n) is 8.28. The zero-order valence-electron chi connectivity index (χ0n) is 18.6. The topological polar surface area (TPSA) is 57.2 Å². The number of aromatic nitrogens is 1. The number of aryl methyl sites for hydroxylation is 2. The van der Waals surface area contributed by atoms with Gasteiger partial charge in [-0.15, -0.1) is 0 Å². The average molecular weight is 435 g/mol. The molecule has 0 bridgehead atoms. The van der Waals surface area contributed by atoms with Crippen molar-refractivity contribution in [3.05, 3.63) is 102 Å². The van der Waals surface area contributed by atoms with Gasteiger partial charge >= 0.3 is 0 Å². The molecule has 0 aliphatic rings. The zero-order chi connectivity index (χ0) is 22.8. The lowest BCUT2D eigenvalue weighted by atomic mass is 9.97. The van der Waals surface area contributed by atoms with Crippen LogP contribution in [0.5, 0.6) is 5.75 Å². The first-order chi connectivity index (χ1) is 16.1. The molecule has 0 saturated carbocycles. The van der Waals surface area contributed by atoms with Gasteiger partial charge in [0.1, 0.15) is 11.4 Å². The maximum Gasteiger partial charge on any atom is 0.265 e. The van der Waals surface area contributed by atoms with Crippen molar-refractivity contribution in [3.8, 4) is 16.9 Å². The minimum Gasteiger partial charge on any atom is -0.493 e. The number of fused-ring (bicyclic) bond motifs is 2. The molecule has 0 unspecified atom stereocenters. The van der Waals surface area contributed by atoms with Crippen LogP contribution in [0.25, 0.3) is 32.8 Å². The summed E-state index contributed by atoms with van der Waals surface area (Å²) in [5.74, 6) is 0.458. The summed E-state index contributed by atoms with van der Waals surface area (Å²) in [7, 11) is 0. The van der Waals surface area contributed by atoms with E-state index in [2.05, 4.69) is 49.4 Å². The molecular weight excluding hydrogens is 408 g/mol. The molecule has 1 heterocycles. The summed E-state index contributed by atoms with van der Waals surface area (Å²) >= 11 is 0. The lowest BCUT2D eigenvalue weighted by molar-refractivity contribution is 0.0991. The Balaban J connectivity index is 1.42. The van der Waals surface area contributed by atoms with Crippen LogP contribution in [0.1, 0.15) is 22.5 Å². The number of primary amides is 1. The Labute approximate surface area is 193 Å². The van der Waals surface area contributed by atoms with Gasteiger partial charge in [-0.25, -0.2) is 0 Å². The first kappa shape index (κ1) is 20.8. The van der Waals surface area contributed by atoms with Crippen LogP contribution in [0.3, 0.4) is 0 Å². The third kappa shape index (κ3) is 3.96. The highest BCUT2D eigenvalue weighted by Crippen LogP contribution is 2.33. The molecule has 0 spiro atoms. The Morgan fingerprint density at radius 1 is 0.848 bits per heavy atom. The number of carbonyl (C=O) groups excluding carboxylic acids is 1. The van der Waals surface area contributed by atoms with Crippen LogP contribution in [0.4, 0.5) is 0 Å². The van der Waals surface area contributed by atoms with E-state index < -0.39 is 5.91 Å². The quantitative estimate of drug-likeness (QED) is 0.304. The Morgan fingerprint density at radius 3 is 2.42 bits per heavy atom. The van der Waals surface area contributed by atoms with Gasteiger partial charge in [-0.3, -0.25) is 4.79 Å². The van der Waals surface area contributed by atoms with Crippen LogP contribution < -0.4 is 10.5 Å². The number of rotatable bonds is 7. The third-order valence-electron chi connectivity index (χ3n) is 6.17. The molecule has 0 radical (unpaired) electrons. The van der Waals surface area contributed by atoms with Crippen LogP contribution in [0, 0.1) is 6.92 Å². The molecule has 0 atom stereocenters. The van der Waals surface area contributed by atoms with E-state index in [-0.39, 0.29) is 0 Å². The number of nitrogens with two attached hydrogens (primary N) is 1. The first-order valence-electron chi connectivity index (χ1n) is 11.2. The minimum absolute atomic E-state index is 0.420. The fraction of sp³-hybridized carbons (Fsp3) is 0.138. The Kier molecular flexibility index (Phi) is 5.57. The maximum absolute atomic E-state index is 12.3. The van der Waals surface area contributed by atoms with Gasteiger partial charge in [-0.1, -0.05) is 72.8 Å². The Bertz CT molecular complexity index is 1460. The number of ether oxygens (including phenoxy) is 1. The summed E-state index contributed by atoms with van der Waals surface area (Å²) in [5, 5.41) is 3.30.